The maximum Gasteiger partial charge on any atom is 0.192 e. The molecule has 1 fully saturated rings. The summed E-state index contributed by atoms with van der Waals surface area (Å²) in [4.78, 5) is 1.34. The summed E-state index contributed by atoms with van der Waals surface area (Å²) >= 11 is 9.98. The summed E-state index contributed by atoms with van der Waals surface area (Å²) in [5.74, 6) is 1.10. The van der Waals surface area contributed by atoms with Gasteiger partial charge in [0.05, 0.1) is 0 Å². The smallest absolute Gasteiger partial charge is 0.192 e. The Balaban J connectivity index is 1.63. The van der Waals surface area contributed by atoms with E-state index >= 15 is 0 Å². The molecule has 3 aromatic rings. The van der Waals surface area contributed by atoms with Crippen LogP contribution in [0.4, 0.5) is 0 Å². The van der Waals surface area contributed by atoms with Gasteiger partial charge in [-0.1, -0.05) is 66.9 Å². The zero-order valence-corrected chi connectivity index (χ0v) is 17.9. The second kappa shape index (κ2) is 8.80. The van der Waals surface area contributed by atoms with Crippen LogP contribution in [0.25, 0.3) is 0 Å². The average molecular weight is 418 g/mol. The van der Waals surface area contributed by atoms with Crippen LogP contribution in [0.3, 0.4) is 0 Å². The number of hydrogen-bond donors (Lipinski definition) is 0. The Hall–Kier alpha value is -1.30. The highest BCUT2D eigenvalue weighted by molar-refractivity contribution is 7.99. The Morgan fingerprint density at radius 2 is 1.96 bits per heavy atom. The van der Waals surface area contributed by atoms with Gasteiger partial charge in [0.1, 0.15) is 5.82 Å². The molecule has 0 bridgehead atoms. The molecule has 0 saturated heterocycles. The van der Waals surface area contributed by atoms with E-state index in [9.17, 15) is 0 Å². The predicted octanol–water partition coefficient (Wildman–Crippen LogP) is 6.94. The van der Waals surface area contributed by atoms with Gasteiger partial charge in [0.25, 0.3) is 0 Å². The van der Waals surface area contributed by atoms with E-state index in [1.54, 1.807) is 23.1 Å². The minimum Gasteiger partial charge on any atom is -0.303 e. The highest BCUT2D eigenvalue weighted by atomic mass is 35.5. The SMILES string of the molecule is C[C@H](Sc1nnc(Cc2cccs2)n1C1CCCCC1)c1ccccc1Cl. The van der Waals surface area contributed by atoms with Crippen LogP contribution in [0.1, 0.15) is 66.6 Å². The maximum absolute atomic E-state index is 6.42. The second-order valence-corrected chi connectivity index (χ2v) is 9.85. The summed E-state index contributed by atoms with van der Waals surface area (Å²) < 4.78 is 2.43. The van der Waals surface area contributed by atoms with Crippen molar-refractivity contribution in [1.29, 1.82) is 0 Å². The molecule has 1 aliphatic carbocycles. The van der Waals surface area contributed by atoms with Gasteiger partial charge in [0.2, 0.25) is 0 Å². The lowest BCUT2D eigenvalue weighted by Crippen LogP contribution is -2.17. The van der Waals surface area contributed by atoms with Crippen LogP contribution in [0, 0.1) is 0 Å². The van der Waals surface area contributed by atoms with E-state index in [4.69, 9.17) is 11.6 Å². The number of benzene rings is 1. The lowest BCUT2D eigenvalue weighted by Gasteiger charge is -2.26. The van der Waals surface area contributed by atoms with Crippen molar-refractivity contribution in [2.45, 2.75) is 61.9 Å². The first-order valence-corrected chi connectivity index (χ1v) is 11.7. The number of thioether (sulfide) groups is 1. The molecule has 1 aliphatic rings. The van der Waals surface area contributed by atoms with Crippen molar-refractivity contribution in [1.82, 2.24) is 14.8 Å². The topological polar surface area (TPSA) is 30.7 Å². The van der Waals surface area contributed by atoms with E-state index in [0.717, 1.165) is 28.0 Å². The monoisotopic (exact) mass is 417 g/mol. The highest BCUT2D eigenvalue weighted by Gasteiger charge is 2.25. The minimum absolute atomic E-state index is 0.236. The summed E-state index contributed by atoms with van der Waals surface area (Å²) in [6, 6.07) is 12.9. The Morgan fingerprint density at radius 3 is 2.70 bits per heavy atom. The molecular weight excluding hydrogens is 394 g/mol. The Labute approximate surface area is 174 Å². The third-order valence-electron chi connectivity index (χ3n) is 5.21. The van der Waals surface area contributed by atoms with Gasteiger partial charge in [0, 0.05) is 27.6 Å². The van der Waals surface area contributed by atoms with Gasteiger partial charge in [-0.15, -0.1) is 21.5 Å². The molecule has 0 radical (unpaired) electrons. The first kappa shape index (κ1) is 19.0. The molecule has 0 spiro atoms. The standard InChI is InChI=1S/C21H24ClN3S2/c1-15(18-11-5-6-12-19(18)22)27-21-24-23-20(14-17-10-7-13-26-17)25(21)16-8-3-2-4-9-16/h5-7,10-13,15-16H,2-4,8-9,14H2,1H3/t15-/m0/s1. The normalized spacial score (nSPS) is 16.5. The van der Waals surface area contributed by atoms with Crippen LogP contribution in [0.2, 0.25) is 5.02 Å². The number of nitrogens with zero attached hydrogens (tertiary/aromatic N) is 3. The van der Waals surface area contributed by atoms with Crippen molar-refractivity contribution in [3.8, 4) is 0 Å². The van der Waals surface area contributed by atoms with Gasteiger partial charge in [-0.05, 0) is 42.8 Å². The third kappa shape index (κ3) is 4.41. The number of hydrogen-bond acceptors (Lipinski definition) is 4. The van der Waals surface area contributed by atoms with Crippen molar-refractivity contribution >= 4 is 34.7 Å². The molecule has 0 amide bonds. The zero-order chi connectivity index (χ0) is 18.6. The molecule has 2 heterocycles. The molecule has 142 valence electrons. The number of aromatic nitrogens is 3. The van der Waals surface area contributed by atoms with Gasteiger partial charge in [-0.2, -0.15) is 0 Å². The van der Waals surface area contributed by atoms with Gasteiger partial charge >= 0.3 is 0 Å². The Morgan fingerprint density at radius 1 is 1.15 bits per heavy atom. The van der Waals surface area contributed by atoms with Crippen LogP contribution in [-0.4, -0.2) is 14.8 Å². The maximum atomic E-state index is 6.42. The Kier molecular flexibility index (Phi) is 6.21. The fourth-order valence-corrected chi connectivity index (χ4v) is 5.98. The summed E-state index contributed by atoms with van der Waals surface area (Å²) in [7, 11) is 0. The molecule has 1 atom stereocenters. The highest BCUT2D eigenvalue weighted by Crippen LogP contribution is 2.40. The fraction of sp³-hybridized carbons (Fsp3) is 0.429. The lowest BCUT2D eigenvalue weighted by atomic mass is 9.95. The van der Waals surface area contributed by atoms with Crippen LogP contribution in [0.15, 0.2) is 46.9 Å². The van der Waals surface area contributed by atoms with Crippen LogP contribution in [0.5, 0.6) is 0 Å². The molecule has 4 rings (SSSR count). The van der Waals surface area contributed by atoms with E-state index in [-0.39, 0.29) is 5.25 Å². The van der Waals surface area contributed by atoms with Crippen LogP contribution < -0.4 is 0 Å². The molecule has 6 heteroatoms. The molecule has 27 heavy (non-hydrogen) atoms. The van der Waals surface area contributed by atoms with Gasteiger partial charge in [-0.3, -0.25) is 0 Å². The van der Waals surface area contributed by atoms with Crippen molar-refractivity contribution in [2.24, 2.45) is 0 Å². The average Bonchev–Trinajstić information content (AvgIpc) is 3.33. The van der Waals surface area contributed by atoms with Crippen molar-refractivity contribution in [3.63, 3.8) is 0 Å². The summed E-state index contributed by atoms with van der Waals surface area (Å²) in [6.45, 7) is 2.20. The van der Waals surface area contributed by atoms with E-state index < -0.39 is 0 Å². The summed E-state index contributed by atoms with van der Waals surface area (Å²) in [5.41, 5.74) is 1.15. The molecule has 0 aliphatic heterocycles. The summed E-state index contributed by atoms with van der Waals surface area (Å²) in [5, 5.41) is 13.4. The minimum atomic E-state index is 0.236. The van der Waals surface area contributed by atoms with E-state index in [1.165, 1.54) is 37.0 Å². The number of halogens is 1. The van der Waals surface area contributed by atoms with Crippen molar-refractivity contribution in [2.75, 3.05) is 0 Å². The molecule has 2 aromatic heterocycles. The zero-order valence-electron chi connectivity index (χ0n) is 15.5. The molecule has 0 N–H and O–H groups in total. The van der Waals surface area contributed by atoms with Crippen molar-refractivity contribution in [3.05, 3.63) is 63.1 Å². The first-order chi connectivity index (χ1) is 13.2. The van der Waals surface area contributed by atoms with Gasteiger partial charge in [0.15, 0.2) is 5.16 Å². The third-order valence-corrected chi connectivity index (χ3v) is 7.53. The second-order valence-electron chi connectivity index (χ2n) is 7.10. The van der Waals surface area contributed by atoms with E-state index in [0.29, 0.717) is 6.04 Å². The quantitative estimate of drug-likeness (QED) is 0.407. The van der Waals surface area contributed by atoms with Crippen molar-refractivity contribution < 1.29 is 0 Å². The van der Waals surface area contributed by atoms with Gasteiger partial charge < -0.3 is 4.57 Å². The predicted molar refractivity (Wildman–Crippen MR) is 115 cm³/mol. The number of thiophene rings is 1. The largest absolute Gasteiger partial charge is 0.303 e. The summed E-state index contributed by atoms with van der Waals surface area (Å²) in [6.07, 6.45) is 7.25. The molecule has 1 saturated carbocycles. The lowest BCUT2D eigenvalue weighted by molar-refractivity contribution is 0.330. The van der Waals surface area contributed by atoms with Gasteiger partial charge in [-0.25, -0.2) is 0 Å². The van der Waals surface area contributed by atoms with Crippen LogP contribution in [-0.2, 0) is 6.42 Å². The van der Waals surface area contributed by atoms with E-state index in [2.05, 4.69) is 45.3 Å². The number of rotatable bonds is 6. The molecule has 3 nitrogen and oxygen atoms in total. The fourth-order valence-electron chi connectivity index (χ4n) is 3.81. The van der Waals surface area contributed by atoms with E-state index in [1.807, 2.05) is 18.2 Å². The molecule has 0 unspecified atom stereocenters. The molecular formula is C21H24ClN3S2. The Bertz CT molecular complexity index is 869. The van der Waals surface area contributed by atoms with Crippen LogP contribution >= 0.6 is 34.7 Å². The first-order valence-electron chi connectivity index (χ1n) is 9.59. The molecule has 1 aromatic carbocycles.